The van der Waals surface area contributed by atoms with Gasteiger partial charge in [0.15, 0.2) is 0 Å². The number of carbonyl (C=O) groups excluding carboxylic acids is 1. The van der Waals surface area contributed by atoms with E-state index in [0.29, 0.717) is 0 Å². The van der Waals surface area contributed by atoms with Gasteiger partial charge in [0.2, 0.25) is 5.88 Å². The van der Waals surface area contributed by atoms with Gasteiger partial charge in [-0.15, -0.1) is 0 Å². The second-order valence-electron chi connectivity index (χ2n) is 4.97. The van der Waals surface area contributed by atoms with Crippen molar-refractivity contribution < 1.29 is 19.4 Å². The van der Waals surface area contributed by atoms with Crippen LogP contribution in [0.3, 0.4) is 0 Å². The Morgan fingerprint density at radius 2 is 2.12 bits per heavy atom. The standard InChI is InChI=1S/C17H15N3O4/c1-3-23-17(22)13-9(2)24-16(20)12(8-19)14(13)11-6-4-5-10(7-18)15(11)21/h4-6,14,21H,3,20H2,1-2H3. The number of hydrogen-bond acceptors (Lipinski definition) is 7. The van der Waals surface area contributed by atoms with Crippen molar-refractivity contribution in [2.75, 3.05) is 6.61 Å². The zero-order chi connectivity index (χ0) is 17.9. The van der Waals surface area contributed by atoms with Gasteiger partial charge in [-0.3, -0.25) is 0 Å². The van der Waals surface area contributed by atoms with Crippen molar-refractivity contribution in [3.8, 4) is 17.9 Å². The maximum Gasteiger partial charge on any atom is 0.338 e. The van der Waals surface area contributed by atoms with Crippen LogP contribution in [0.4, 0.5) is 0 Å². The molecule has 7 heteroatoms. The van der Waals surface area contributed by atoms with Crippen LogP contribution in [-0.4, -0.2) is 17.7 Å². The van der Waals surface area contributed by atoms with Crippen molar-refractivity contribution in [1.29, 1.82) is 10.5 Å². The molecule has 0 amide bonds. The molecule has 0 radical (unpaired) electrons. The smallest absolute Gasteiger partial charge is 0.338 e. The molecule has 7 nitrogen and oxygen atoms in total. The molecule has 0 saturated heterocycles. The average Bonchev–Trinajstić information content (AvgIpc) is 2.54. The summed E-state index contributed by atoms with van der Waals surface area (Å²) in [7, 11) is 0. The van der Waals surface area contributed by atoms with Crippen molar-refractivity contribution in [3.63, 3.8) is 0 Å². The second kappa shape index (κ2) is 6.76. The number of aromatic hydroxyl groups is 1. The first-order valence-corrected chi connectivity index (χ1v) is 7.13. The summed E-state index contributed by atoms with van der Waals surface area (Å²) in [5, 5.41) is 28.9. The van der Waals surface area contributed by atoms with Crippen molar-refractivity contribution in [1.82, 2.24) is 0 Å². The van der Waals surface area contributed by atoms with Crippen LogP contribution in [0.15, 0.2) is 41.0 Å². The molecule has 1 aromatic carbocycles. The molecule has 3 N–H and O–H groups in total. The lowest BCUT2D eigenvalue weighted by Crippen LogP contribution is -2.25. The van der Waals surface area contributed by atoms with E-state index in [9.17, 15) is 15.2 Å². The van der Waals surface area contributed by atoms with E-state index in [4.69, 9.17) is 20.5 Å². The third-order valence-corrected chi connectivity index (χ3v) is 3.60. The van der Waals surface area contributed by atoms with Gasteiger partial charge in [-0.25, -0.2) is 4.79 Å². The Morgan fingerprint density at radius 3 is 2.71 bits per heavy atom. The number of nitrogens with zero attached hydrogens (tertiary/aromatic N) is 2. The van der Waals surface area contributed by atoms with Gasteiger partial charge >= 0.3 is 5.97 Å². The van der Waals surface area contributed by atoms with Gasteiger partial charge in [-0.05, 0) is 19.9 Å². The molecule has 1 aliphatic heterocycles. The summed E-state index contributed by atoms with van der Waals surface area (Å²) >= 11 is 0. The molecule has 24 heavy (non-hydrogen) atoms. The second-order valence-corrected chi connectivity index (χ2v) is 4.97. The topological polar surface area (TPSA) is 129 Å². The first-order chi connectivity index (χ1) is 11.5. The van der Waals surface area contributed by atoms with E-state index in [1.54, 1.807) is 13.0 Å². The molecule has 0 spiro atoms. The summed E-state index contributed by atoms with van der Waals surface area (Å²) in [6.45, 7) is 3.30. The fourth-order valence-electron chi connectivity index (χ4n) is 2.55. The van der Waals surface area contributed by atoms with Gasteiger partial charge in [0.25, 0.3) is 0 Å². The molecule has 1 aromatic rings. The number of rotatable bonds is 3. The molecular formula is C17H15N3O4. The molecule has 0 saturated carbocycles. The van der Waals surface area contributed by atoms with Crippen LogP contribution in [0, 0.1) is 22.7 Å². The van der Waals surface area contributed by atoms with E-state index in [1.165, 1.54) is 19.1 Å². The Labute approximate surface area is 138 Å². The highest BCUT2D eigenvalue weighted by atomic mass is 16.5. The lowest BCUT2D eigenvalue weighted by molar-refractivity contribution is -0.139. The van der Waals surface area contributed by atoms with Crippen LogP contribution in [0.5, 0.6) is 5.75 Å². The highest BCUT2D eigenvalue weighted by Gasteiger charge is 2.37. The maximum atomic E-state index is 12.3. The van der Waals surface area contributed by atoms with Crippen molar-refractivity contribution >= 4 is 5.97 Å². The largest absolute Gasteiger partial charge is 0.506 e. The fraction of sp³-hybridized carbons (Fsp3) is 0.235. The number of hydrogen-bond donors (Lipinski definition) is 2. The zero-order valence-corrected chi connectivity index (χ0v) is 13.2. The molecule has 0 aromatic heterocycles. The highest BCUT2D eigenvalue weighted by Crippen LogP contribution is 2.43. The molecule has 122 valence electrons. The first kappa shape index (κ1) is 16.9. The first-order valence-electron chi connectivity index (χ1n) is 7.13. The van der Waals surface area contributed by atoms with E-state index >= 15 is 0 Å². The Hall–Kier alpha value is -3.45. The third-order valence-electron chi connectivity index (χ3n) is 3.60. The van der Waals surface area contributed by atoms with Crippen LogP contribution in [0.1, 0.15) is 30.9 Å². The Balaban J connectivity index is 2.73. The number of para-hydroxylation sites is 1. The number of ether oxygens (including phenoxy) is 2. The number of esters is 1. The maximum absolute atomic E-state index is 12.3. The lowest BCUT2D eigenvalue weighted by Gasteiger charge is -2.27. The summed E-state index contributed by atoms with van der Waals surface area (Å²) in [6, 6.07) is 8.26. The summed E-state index contributed by atoms with van der Waals surface area (Å²) in [5.41, 5.74) is 6.03. The van der Waals surface area contributed by atoms with E-state index in [-0.39, 0.29) is 46.3 Å². The Bertz CT molecular complexity index is 840. The van der Waals surface area contributed by atoms with Gasteiger partial charge in [0.05, 0.1) is 23.7 Å². The van der Waals surface area contributed by atoms with Gasteiger partial charge in [0.1, 0.15) is 29.2 Å². The lowest BCUT2D eigenvalue weighted by atomic mass is 9.82. The Kier molecular flexibility index (Phi) is 4.76. The Morgan fingerprint density at radius 1 is 1.42 bits per heavy atom. The summed E-state index contributed by atoms with van der Waals surface area (Å²) in [5.74, 6) is -1.95. The molecular weight excluding hydrogens is 310 g/mol. The van der Waals surface area contributed by atoms with Crippen molar-refractivity contribution in [2.24, 2.45) is 5.73 Å². The number of phenols is 1. The van der Waals surface area contributed by atoms with Crippen molar-refractivity contribution in [2.45, 2.75) is 19.8 Å². The fourth-order valence-corrected chi connectivity index (χ4v) is 2.55. The average molecular weight is 325 g/mol. The van der Waals surface area contributed by atoms with Gasteiger partial charge in [-0.2, -0.15) is 10.5 Å². The number of nitrogens with two attached hydrogens (primary N) is 1. The van der Waals surface area contributed by atoms with Crippen LogP contribution in [0.2, 0.25) is 0 Å². The van der Waals surface area contributed by atoms with E-state index in [2.05, 4.69) is 0 Å². The molecule has 0 aliphatic carbocycles. The van der Waals surface area contributed by atoms with E-state index in [1.807, 2.05) is 12.1 Å². The summed E-state index contributed by atoms with van der Waals surface area (Å²) in [4.78, 5) is 12.3. The van der Waals surface area contributed by atoms with Gasteiger partial charge in [0, 0.05) is 5.56 Å². The SMILES string of the molecule is CCOC(=O)C1=C(C)OC(N)=C(C#N)C1c1cccc(C#N)c1O. The van der Waals surface area contributed by atoms with E-state index in [0.717, 1.165) is 0 Å². The predicted molar refractivity (Wildman–Crippen MR) is 82.8 cm³/mol. The molecule has 1 aliphatic rings. The quantitative estimate of drug-likeness (QED) is 0.812. The molecule has 1 atom stereocenters. The highest BCUT2D eigenvalue weighted by molar-refractivity contribution is 5.92. The molecule has 1 heterocycles. The minimum Gasteiger partial charge on any atom is -0.506 e. The predicted octanol–water partition coefficient (Wildman–Crippen LogP) is 1.91. The van der Waals surface area contributed by atoms with E-state index < -0.39 is 11.9 Å². The van der Waals surface area contributed by atoms with Crippen LogP contribution >= 0.6 is 0 Å². The number of allylic oxidation sites excluding steroid dienone is 2. The number of carbonyl (C=O) groups is 1. The van der Waals surface area contributed by atoms with Crippen LogP contribution in [-0.2, 0) is 14.3 Å². The summed E-state index contributed by atoms with van der Waals surface area (Å²) < 4.78 is 10.3. The van der Waals surface area contributed by atoms with Gasteiger partial charge in [-0.1, -0.05) is 12.1 Å². The number of phenolic OH excluding ortho intramolecular Hbond substituents is 1. The van der Waals surface area contributed by atoms with Gasteiger partial charge < -0.3 is 20.3 Å². The summed E-state index contributed by atoms with van der Waals surface area (Å²) in [6.07, 6.45) is 0. The third kappa shape index (κ3) is 2.75. The molecule has 0 fully saturated rings. The minimum absolute atomic E-state index is 0.0238. The molecule has 0 bridgehead atoms. The minimum atomic E-state index is -0.976. The van der Waals surface area contributed by atoms with Crippen LogP contribution in [0.25, 0.3) is 0 Å². The number of nitriles is 2. The van der Waals surface area contributed by atoms with Crippen molar-refractivity contribution in [3.05, 3.63) is 52.1 Å². The molecule has 2 rings (SSSR count). The normalized spacial score (nSPS) is 16.9. The van der Waals surface area contributed by atoms with Crippen LogP contribution < -0.4 is 5.73 Å². The monoisotopic (exact) mass is 325 g/mol. The molecule has 1 unspecified atom stereocenters. The zero-order valence-electron chi connectivity index (χ0n) is 13.2. The number of benzene rings is 1.